The van der Waals surface area contributed by atoms with E-state index in [1.807, 2.05) is 0 Å². The second-order valence-electron chi connectivity index (χ2n) is 6.90. The first-order valence-corrected chi connectivity index (χ1v) is 9.55. The van der Waals surface area contributed by atoms with Gasteiger partial charge in [-0.25, -0.2) is 23.1 Å². The average Bonchev–Trinajstić information content (AvgIpc) is 2.79. The van der Waals surface area contributed by atoms with Crippen LogP contribution in [-0.4, -0.2) is 23.7 Å². The summed E-state index contributed by atoms with van der Waals surface area (Å²) in [5, 5.41) is 0.696. The van der Waals surface area contributed by atoms with Crippen molar-refractivity contribution in [3.05, 3.63) is 95.1 Å². The summed E-state index contributed by atoms with van der Waals surface area (Å²) in [6, 6.07) is 11.8. The van der Waals surface area contributed by atoms with E-state index in [1.54, 1.807) is 43.8 Å². The maximum atomic E-state index is 14.6. The van der Waals surface area contributed by atoms with Crippen molar-refractivity contribution in [2.75, 3.05) is 13.7 Å². The number of nitrogens with zero attached hydrogens (tertiary/aromatic N) is 2. The van der Waals surface area contributed by atoms with Gasteiger partial charge in [-0.1, -0.05) is 24.0 Å². The van der Waals surface area contributed by atoms with Gasteiger partial charge >= 0.3 is 0 Å². The van der Waals surface area contributed by atoms with Crippen molar-refractivity contribution in [3.8, 4) is 23.2 Å². The molecule has 0 saturated carbocycles. The Balaban J connectivity index is 1.56. The topological polar surface area (TPSA) is 35.0 Å². The minimum absolute atomic E-state index is 0.175. The second kappa shape index (κ2) is 8.99. The molecule has 4 aromatic rings. The highest BCUT2D eigenvalue weighted by Gasteiger charge is 2.08. The van der Waals surface area contributed by atoms with Crippen molar-refractivity contribution in [2.45, 2.75) is 6.42 Å². The van der Waals surface area contributed by atoms with Crippen molar-refractivity contribution < 1.29 is 17.9 Å². The number of fused-ring (bicyclic) bond motifs is 1. The standard InChI is InChI=1S/C25H17F3N2O/c1-31-11-10-17-14-29-25(30-15-17)20-6-5-18(23(27)13-20)4-2-16-3-8-21-19(12-16)7-9-22(26)24(21)28/h3,5-9,12-15H,10-11H2,1H3. The fourth-order valence-electron chi connectivity index (χ4n) is 3.09. The Bertz CT molecular complexity index is 1310. The van der Waals surface area contributed by atoms with Gasteiger partial charge < -0.3 is 4.74 Å². The van der Waals surface area contributed by atoms with Gasteiger partial charge in [0.2, 0.25) is 0 Å². The molecule has 0 bridgehead atoms. The predicted octanol–water partition coefficient (Wildman–Crippen LogP) is 5.30. The maximum absolute atomic E-state index is 14.6. The van der Waals surface area contributed by atoms with E-state index >= 15 is 0 Å². The third-order valence-electron chi connectivity index (χ3n) is 4.78. The Hall–Kier alpha value is -3.69. The van der Waals surface area contributed by atoms with Gasteiger partial charge in [-0.3, -0.25) is 0 Å². The normalized spacial score (nSPS) is 10.7. The van der Waals surface area contributed by atoms with Crippen LogP contribution in [0, 0.1) is 29.3 Å². The molecule has 0 aliphatic heterocycles. The van der Waals surface area contributed by atoms with Crippen LogP contribution in [0.1, 0.15) is 16.7 Å². The van der Waals surface area contributed by atoms with Gasteiger partial charge in [0.1, 0.15) is 5.82 Å². The third-order valence-corrected chi connectivity index (χ3v) is 4.78. The molecule has 4 rings (SSSR count). The zero-order chi connectivity index (χ0) is 21.8. The average molecular weight is 418 g/mol. The lowest BCUT2D eigenvalue weighted by molar-refractivity contribution is 0.202. The minimum atomic E-state index is -0.901. The SMILES string of the molecule is COCCc1cnc(-c2ccc(C#Cc3ccc4c(F)c(F)ccc4c3)c(F)c2)nc1. The van der Waals surface area contributed by atoms with E-state index in [1.165, 1.54) is 18.2 Å². The highest BCUT2D eigenvalue weighted by molar-refractivity contribution is 5.84. The molecule has 0 amide bonds. The molecule has 6 heteroatoms. The summed E-state index contributed by atoms with van der Waals surface area (Å²) in [5.74, 6) is 3.78. The highest BCUT2D eigenvalue weighted by Crippen LogP contribution is 2.22. The summed E-state index contributed by atoms with van der Waals surface area (Å²) in [6.07, 6.45) is 4.10. The largest absolute Gasteiger partial charge is 0.384 e. The molecule has 0 N–H and O–H groups in total. The van der Waals surface area contributed by atoms with Crippen LogP contribution in [0.2, 0.25) is 0 Å². The maximum Gasteiger partial charge on any atom is 0.166 e. The van der Waals surface area contributed by atoms with E-state index in [0.717, 1.165) is 11.6 Å². The molecule has 31 heavy (non-hydrogen) atoms. The Morgan fingerprint density at radius 3 is 2.42 bits per heavy atom. The molecule has 1 aromatic heterocycles. The zero-order valence-electron chi connectivity index (χ0n) is 16.6. The molecular weight excluding hydrogens is 401 g/mol. The quantitative estimate of drug-likeness (QED) is 0.422. The van der Waals surface area contributed by atoms with Crippen LogP contribution in [0.5, 0.6) is 0 Å². The van der Waals surface area contributed by atoms with Gasteiger partial charge in [0, 0.05) is 36.0 Å². The first-order valence-electron chi connectivity index (χ1n) is 9.55. The predicted molar refractivity (Wildman–Crippen MR) is 113 cm³/mol. The molecule has 0 radical (unpaired) electrons. The molecular formula is C25H17F3N2O. The summed E-state index contributed by atoms with van der Waals surface area (Å²) in [6.45, 7) is 0.577. The van der Waals surface area contributed by atoms with Gasteiger partial charge in [0.25, 0.3) is 0 Å². The second-order valence-corrected chi connectivity index (χ2v) is 6.90. The van der Waals surface area contributed by atoms with E-state index < -0.39 is 17.5 Å². The number of benzene rings is 3. The Labute approximate surface area is 177 Å². The lowest BCUT2D eigenvalue weighted by atomic mass is 10.1. The van der Waals surface area contributed by atoms with Crippen molar-refractivity contribution in [3.63, 3.8) is 0 Å². The summed E-state index contributed by atoms with van der Waals surface area (Å²) in [7, 11) is 1.63. The smallest absolute Gasteiger partial charge is 0.166 e. The fourth-order valence-corrected chi connectivity index (χ4v) is 3.09. The van der Waals surface area contributed by atoms with Crippen molar-refractivity contribution in [1.29, 1.82) is 0 Å². The van der Waals surface area contributed by atoms with E-state index in [2.05, 4.69) is 21.8 Å². The van der Waals surface area contributed by atoms with Crippen LogP contribution >= 0.6 is 0 Å². The number of ether oxygens (including phenoxy) is 1. The molecule has 0 spiro atoms. The molecule has 0 aliphatic carbocycles. The van der Waals surface area contributed by atoms with E-state index in [-0.39, 0.29) is 10.9 Å². The van der Waals surface area contributed by atoms with Crippen LogP contribution in [0.25, 0.3) is 22.2 Å². The molecule has 154 valence electrons. The van der Waals surface area contributed by atoms with Crippen LogP contribution in [0.15, 0.2) is 60.9 Å². The number of rotatable bonds is 4. The summed E-state index contributed by atoms with van der Waals surface area (Å²) >= 11 is 0. The molecule has 3 nitrogen and oxygen atoms in total. The molecule has 0 atom stereocenters. The zero-order valence-corrected chi connectivity index (χ0v) is 16.6. The number of aromatic nitrogens is 2. The molecule has 1 heterocycles. The molecule has 0 unspecified atom stereocenters. The number of hydrogen-bond acceptors (Lipinski definition) is 3. The monoisotopic (exact) mass is 418 g/mol. The summed E-state index contributed by atoms with van der Waals surface area (Å²) in [4.78, 5) is 8.56. The fraction of sp³-hybridized carbons (Fsp3) is 0.120. The molecule has 0 fully saturated rings. The van der Waals surface area contributed by atoms with Crippen LogP contribution in [0.4, 0.5) is 13.2 Å². The highest BCUT2D eigenvalue weighted by atomic mass is 19.2. The Kier molecular flexibility index (Phi) is 5.96. The number of halogens is 3. The van der Waals surface area contributed by atoms with Crippen LogP contribution < -0.4 is 0 Å². The van der Waals surface area contributed by atoms with Crippen molar-refractivity contribution in [2.24, 2.45) is 0 Å². The molecule has 0 saturated heterocycles. The van der Waals surface area contributed by atoms with Crippen LogP contribution in [0.3, 0.4) is 0 Å². The lowest BCUT2D eigenvalue weighted by Gasteiger charge is -2.04. The van der Waals surface area contributed by atoms with Crippen molar-refractivity contribution in [1.82, 2.24) is 9.97 Å². The summed E-state index contributed by atoms with van der Waals surface area (Å²) < 4.78 is 46.7. The van der Waals surface area contributed by atoms with Crippen molar-refractivity contribution >= 4 is 10.8 Å². The van der Waals surface area contributed by atoms with Crippen LogP contribution in [-0.2, 0) is 11.2 Å². The molecule has 0 aliphatic rings. The van der Waals surface area contributed by atoms with E-state index in [4.69, 9.17) is 4.74 Å². The van der Waals surface area contributed by atoms with Gasteiger partial charge in [-0.2, -0.15) is 0 Å². The summed E-state index contributed by atoms with van der Waals surface area (Å²) in [5.41, 5.74) is 2.26. The van der Waals surface area contributed by atoms with Gasteiger partial charge in [-0.15, -0.1) is 0 Å². The van der Waals surface area contributed by atoms with Gasteiger partial charge in [0.15, 0.2) is 17.5 Å². The van der Waals surface area contributed by atoms with Gasteiger partial charge in [0.05, 0.1) is 12.2 Å². The van der Waals surface area contributed by atoms with Gasteiger partial charge in [-0.05, 0) is 53.8 Å². The minimum Gasteiger partial charge on any atom is -0.384 e. The van der Waals surface area contributed by atoms with E-state index in [0.29, 0.717) is 35.4 Å². The Morgan fingerprint density at radius 1 is 0.871 bits per heavy atom. The first-order chi connectivity index (χ1) is 15.0. The van der Waals surface area contributed by atoms with E-state index in [9.17, 15) is 13.2 Å². The molecule has 3 aromatic carbocycles. The third kappa shape index (κ3) is 4.57. The number of methoxy groups -OCH3 is 1. The number of hydrogen-bond donors (Lipinski definition) is 0. The lowest BCUT2D eigenvalue weighted by Crippen LogP contribution is -1.98. The Morgan fingerprint density at radius 2 is 1.68 bits per heavy atom. The first kappa shape index (κ1) is 20.6.